The molecule has 0 bridgehead atoms. The Morgan fingerprint density at radius 3 is 1.60 bits per heavy atom. The molecule has 1 amide bonds. The molecule has 8 heteroatoms. The molecule has 0 saturated carbocycles. The predicted octanol–water partition coefficient (Wildman–Crippen LogP) is 7.19. The second-order valence-corrected chi connectivity index (χ2v) is 17.8. The highest BCUT2D eigenvalue weighted by Crippen LogP contribution is 2.57. The molecule has 1 heterocycles. The van der Waals surface area contributed by atoms with Gasteiger partial charge in [0.25, 0.3) is 0 Å². The molecule has 0 N–H and O–H groups in total. The SMILES string of the molecule is COc1cc(C)c(P(c2ccccc2)[C@@H]2CN(C(=O)OC(C)(C)C)C[C@H]2P(c2ccccc2)c2c(C)cc(C)cc2OC)c(OC)c1. The van der Waals surface area contributed by atoms with Crippen LogP contribution < -0.4 is 35.4 Å². The first-order chi connectivity index (χ1) is 22.4. The van der Waals surface area contributed by atoms with Gasteiger partial charge < -0.3 is 23.8 Å². The quantitative estimate of drug-likeness (QED) is 0.177. The molecular weight excluding hydrogens is 624 g/mol. The van der Waals surface area contributed by atoms with Crippen molar-refractivity contribution in [2.75, 3.05) is 34.4 Å². The lowest BCUT2D eigenvalue weighted by molar-refractivity contribution is 0.0296. The van der Waals surface area contributed by atoms with Crippen LogP contribution in [-0.4, -0.2) is 62.3 Å². The maximum atomic E-state index is 13.9. The minimum Gasteiger partial charge on any atom is -0.497 e. The largest absolute Gasteiger partial charge is 0.497 e. The first-order valence-corrected chi connectivity index (χ1v) is 18.8. The van der Waals surface area contributed by atoms with Crippen molar-refractivity contribution in [1.82, 2.24) is 4.90 Å². The van der Waals surface area contributed by atoms with E-state index >= 15 is 0 Å². The number of carbonyl (C=O) groups excluding carboxylic acids is 1. The molecule has 2 unspecified atom stereocenters. The summed E-state index contributed by atoms with van der Waals surface area (Å²) in [4.78, 5) is 15.8. The molecule has 5 rings (SSSR count). The Morgan fingerprint density at radius 1 is 0.681 bits per heavy atom. The van der Waals surface area contributed by atoms with E-state index in [0.29, 0.717) is 13.1 Å². The summed E-state index contributed by atoms with van der Waals surface area (Å²) in [6, 6.07) is 30.0. The Kier molecular flexibility index (Phi) is 10.8. The van der Waals surface area contributed by atoms with Crippen LogP contribution in [-0.2, 0) is 4.74 Å². The number of hydrogen-bond acceptors (Lipinski definition) is 5. The third-order valence-electron chi connectivity index (χ3n) is 8.45. The second kappa shape index (κ2) is 14.7. The molecule has 0 radical (unpaired) electrons. The van der Waals surface area contributed by atoms with E-state index in [0.717, 1.165) is 28.4 Å². The summed E-state index contributed by atoms with van der Waals surface area (Å²) in [5.74, 6) is 2.46. The van der Waals surface area contributed by atoms with Crippen LogP contribution in [0.15, 0.2) is 84.9 Å². The third-order valence-corrected chi connectivity index (χ3v) is 14.9. The molecule has 0 spiro atoms. The van der Waals surface area contributed by atoms with Crippen molar-refractivity contribution in [3.05, 3.63) is 102 Å². The van der Waals surface area contributed by atoms with Crippen LogP contribution in [0.1, 0.15) is 37.5 Å². The van der Waals surface area contributed by atoms with Gasteiger partial charge in [0, 0.05) is 41.1 Å². The lowest BCUT2D eigenvalue weighted by atomic mass is 10.1. The Balaban J connectivity index is 1.79. The van der Waals surface area contributed by atoms with Crippen molar-refractivity contribution in [1.29, 1.82) is 0 Å². The zero-order valence-corrected chi connectivity index (χ0v) is 30.8. The number of aryl methyl sites for hydroxylation is 3. The van der Waals surface area contributed by atoms with Crippen LogP contribution in [0, 0.1) is 20.8 Å². The second-order valence-electron chi connectivity index (χ2n) is 13.1. The van der Waals surface area contributed by atoms with Gasteiger partial charge in [-0.1, -0.05) is 66.7 Å². The number of methoxy groups -OCH3 is 3. The normalized spacial score (nSPS) is 17.6. The average Bonchev–Trinajstić information content (AvgIpc) is 3.47. The van der Waals surface area contributed by atoms with Gasteiger partial charge >= 0.3 is 6.09 Å². The summed E-state index contributed by atoms with van der Waals surface area (Å²) >= 11 is 0. The van der Waals surface area contributed by atoms with Crippen LogP contribution >= 0.6 is 15.8 Å². The zero-order valence-electron chi connectivity index (χ0n) is 29.0. The van der Waals surface area contributed by atoms with Crippen LogP contribution in [0.4, 0.5) is 4.79 Å². The fourth-order valence-corrected chi connectivity index (χ4v) is 13.6. The highest BCUT2D eigenvalue weighted by atomic mass is 31.1. The van der Waals surface area contributed by atoms with E-state index in [1.807, 2.05) is 31.7 Å². The van der Waals surface area contributed by atoms with Crippen molar-refractivity contribution in [2.24, 2.45) is 0 Å². The Bertz CT molecular complexity index is 1690. The van der Waals surface area contributed by atoms with E-state index in [2.05, 4.69) is 99.6 Å². The Labute approximate surface area is 282 Å². The maximum Gasteiger partial charge on any atom is 0.410 e. The average molecular weight is 672 g/mol. The van der Waals surface area contributed by atoms with Crippen molar-refractivity contribution in [2.45, 2.75) is 58.5 Å². The van der Waals surface area contributed by atoms with E-state index in [1.54, 1.807) is 21.3 Å². The van der Waals surface area contributed by atoms with Crippen molar-refractivity contribution in [3.63, 3.8) is 0 Å². The molecule has 6 nitrogen and oxygen atoms in total. The van der Waals surface area contributed by atoms with Gasteiger partial charge in [-0.15, -0.1) is 0 Å². The van der Waals surface area contributed by atoms with Gasteiger partial charge in [-0.05, 0) is 96.8 Å². The summed E-state index contributed by atoms with van der Waals surface area (Å²) in [5, 5.41) is 4.90. The van der Waals surface area contributed by atoms with Crippen LogP contribution in [0.5, 0.6) is 17.2 Å². The van der Waals surface area contributed by atoms with Gasteiger partial charge in [-0.3, -0.25) is 0 Å². The van der Waals surface area contributed by atoms with Gasteiger partial charge in [0.1, 0.15) is 22.8 Å². The van der Waals surface area contributed by atoms with Crippen molar-refractivity contribution in [3.8, 4) is 17.2 Å². The monoisotopic (exact) mass is 671 g/mol. The molecule has 0 aromatic heterocycles. The maximum absolute atomic E-state index is 13.9. The number of amides is 1. The van der Waals surface area contributed by atoms with Crippen LogP contribution in [0.2, 0.25) is 0 Å². The standard InChI is InChI=1S/C39H47NO5P2/c1-26-20-27(2)36(32(21-26)43-8)46(30-16-12-10-13-17-30)34-24-40(38(41)45-39(4,5)6)25-35(34)47(31-18-14-11-15-19-31)37-28(3)22-29(42-7)23-33(37)44-9/h10-23,34-35H,24-25H2,1-9H3/t34-,35-,46?,47?/m1/s1. The minimum atomic E-state index is -1.04. The molecule has 47 heavy (non-hydrogen) atoms. The van der Waals surface area contributed by atoms with E-state index in [9.17, 15) is 4.79 Å². The topological polar surface area (TPSA) is 57.2 Å². The number of rotatable bonds is 9. The summed E-state index contributed by atoms with van der Waals surface area (Å²) in [7, 11) is 3.13. The lowest BCUT2D eigenvalue weighted by Crippen LogP contribution is -2.36. The highest BCUT2D eigenvalue weighted by molar-refractivity contribution is 7.78. The van der Waals surface area contributed by atoms with Gasteiger partial charge in [0.15, 0.2) is 0 Å². The molecule has 4 atom stereocenters. The van der Waals surface area contributed by atoms with E-state index in [1.165, 1.54) is 26.8 Å². The lowest BCUT2D eigenvalue weighted by Gasteiger charge is -2.36. The first-order valence-electron chi connectivity index (χ1n) is 16.0. The summed E-state index contributed by atoms with van der Waals surface area (Å²) in [6.07, 6.45) is -0.276. The third kappa shape index (κ3) is 7.61. The van der Waals surface area contributed by atoms with Crippen LogP contribution in [0.3, 0.4) is 0 Å². The summed E-state index contributed by atoms with van der Waals surface area (Å²) < 4.78 is 23.9. The highest BCUT2D eigenvalue weighted by Gasteiger charge is 2.48. The van der Waals surface area contributed by atoms with Crippen molar-refractivity contribution >= 4 is 43.2 Å². The first kappa shape index (κ1) is 34.7. The Hall–Kier alpha value is -3.59. The van der Waals surface area contributed by atoms with E-state index < -0.39 is 21.4 Å². The number of benzene rings is 4. The molecule has 1 aliphatic rings. The minimum absolute atomic E-state index is 0.0811. The number of ether oxygens (including phenoxy) is 4. The fourth-order valence-electron chi connectivity index (χ4n) is 6.59. The van der Waals surface area contributed by atoms with E-state index in [-0.39, 0.29) is 17.4 Å². The van der Waals surface area contributed by atoms with Crippen molar-refractivity contribution < 1.29 is 23.7 Å². The van der Waals surface area contributed by atoms with Gasteiger partial charge in [0.05, 0.1) is 21.3 Å². The smallest absolute Gasteiger partial charge is 0.410 e. The number of hydrogen-bond donors (Lipinski definition) is 0. The summed E-state index contributed by atoms with van der Waals surface area (Å²) in [6.45, 7) is 13.4. The fraction of sp³-hybridized carbons (Fsp3) is 0.359. The van der Waals surface area contributed by atoms with E-state index in [4.69, 9.17) is 18.9 Å². The molecule has 248 valence electrons. The number of nitrogens with zero attached hydrogens (tertiary/aromatic N) is 1. The molecule has 1 saturated heterocycles. The molecule has 1 fully saturated rings. The number of likely N-dealkylation sites (tertiary alicyclic amines) is 1. The molecule has 1 aliphatic heterocycles. The van der Waals surface area contributed by atoms with Gasteiger partial charge in [-0.25, -0.2) is 4.79 Å². The molecule has 4 aromatic rings. The van der Waals surface area contributed by atoms with Gasteiger partial charge in [0.2, 0.25) is 0 Å². The van der Waals surface area contributed by atoms with Gasteiger partial charge in [-0.2, -0.15) is 0 Å². The molecular formula is C39H47NO5P2. The predicted molar refractivity (Wildman–Crippen MR) is 197 cm³/mol. The van der Waals surface area contributed by atoms with Crippen LogP contribution in [0.25, 0.3) is 0 Å². The molecule has 4 aromatic carbocycles. The zero-order chi connectivity index (χ0) is 33.9. The summed E-state index contributed by atoms with van der Waals surface area (Å²) in [5.41, 5.74) is 3.04. The Morgan fingerprint density at radius 2 is 1.15 bits per heavy atom. The number of carbonyl (C=O) groups is 1. The molecule has 0 aliphatic carbocycles.